The number of hydrazine groups is 1. The summed E-state index contributed by atoms with van der Waals surface area (Å²) < 4.78 is 5.31. The van der Waals surface area contributed by atoms with Crippen LogP contribution in [-0.2, 0) is 4.74 Å². The van der Waals surface area contributed by atoms with E-state index in [1.54, 1.807) is 0 Å². The second-order valence-electron chi connectivity index (χ2n) is 4.42. The quantitative estimate of drug-likeness (QED) is 0.773. The van der Waals surface area contributed by atoms with Crippen molar-refractivity contribution in [1.29, 1.82) is 0 Å². The highest BCUT2D eigenvalue weighted by atomic mass is 16.5. The van der Waals surface area contributed by atoms with E-state index in [-0.39, 0.29) is 0 Å². The number of hydrogen-bond donors (Lipinski definition) is 2. The molecule has 106 valence electrons. The average Bonchev–Trinajstić information content (AvgIpc) is 2.40. The van der Waals surface area contributed by atoms with Gasteiger partial charge >= 0.3 is 0 Å². The number of nitrogens with one attached hydrogen (secondary N) is 2. The molecule has 0 spiro atoms. The minimum Gasteiger partial charge on any atom is -0.379 e. The Bertz CT molecular complexity index is 406. The molecule has 1 aliphatic heterocycles. The molecule has 1 aromatic heterocycles. The molecule has 8 heteroatoms. The molecule has 1 fully saturated rings. The van der Waals surface area contributed by atoms with Gasteiger partial charge in [0.25, 0.3) is 0 Å². The minimum absolute atomic E-state index is 0.552. The van der Waals surface area contributed by atoms with Gasteiger partial charge in [-0.05, 0) is 6.92 Å². The van der Waals surface area contributed by atoms with Crippen LogP contribution in [0.25, 0.3) is 0 Å². The molecule has 2 N–H and O–H groups in total. The van der Waals surface area contributed by atoms with Crippen molar-refractivity contribution in [2.45, 2.75) is 6.92 Å². The van der Waals surface area contributed by atoms with Crippen LogP contribution in [0.15, 0.2) is 0 Å². The van der Waals surface area contributed by atoms with Crippen molar-refractivity contribution in [3.05, 3.63) is 0 Å². The average molecular weight is 267 g/mol. The van der Waals surface area contributed by atoms with Gasteiger partial charge in [-0.3, -0.25) is 5.43 Å². The molecule has 1 aliphatic rings. The molecule has 8 nitrogen and oxygen atoms in total. The molecule has 0 saturated carbocycles. The number of rotatable bonds is 5. The Morgan fingerprint density at radius 3 is 2.47 bits per heavy atom. The van der Waals surface area contributed by atoms with Crippen LogP contribution in [0.5, 0.6) is 0 Å². The van der Waals surface area contributed by atoms with Gasteiger partial charge in [0, 0.05) is 33.7 Å². The van der Waals surface area contributed by atoms with Gasteiger partial charge in [0.15, 0.2) is 0 Å². The first-order chi connectivity index (χ1) is 9.19. The monoisotopic (exact) mass is 267 g/mol. The summed E-state index contributed by atoms with van der Waals surface area (Å²) in [6.45, 7) is 5.86. The number of nitrogens with zero attached hydrogens (tertiary/aromatic N) is 5. The lowest BCUT2D eigenvalue weighted by molar-refractivity contribution is 0.0492. The Hall–Kier alpha value is -1.67. The molecular weight excluding hydrogens is 246 g/mol. The van der Waals surface area contributed by atoms with Gasteiger partial charge in [-0.1, -0.05) is 0 Å². The Morgan fingerprint density at radius 1 is 1.16 bits per heavy atom. The lowest BCUT2D eigenvalue weighted by Crippen LogP contribution is -2.40. The van der Waals surface area contributed by atoms with E-state index in [0.717, 1.165) is 32.8 Å². The summed E-state index contributed by atoms with van der Waals surface area (Å²) in [5, 5.41) is 5.16. The van der Waals surface area contributed by atoms with E-state index in [4.69, 9.17) is 4.74 Å². The van der Waals surface area contributed by atoms with E-state index < -0.39 is 0 Å². The fourth-order valence-corrected chi connectivity index (χ4v) is 1.67. The Balaban J connectivity index is 2.12. The zero-order valence-corrected chi connectivity index (χ0v) is 11.7. The van der Waals surface area contributed by atoms with Crippen LogP contribution in [0.4, 0.5) is 17.8 Å². The van der Waals surface area contributed by atoms with Crippen molar-refractivity contribution in [3.8, 4) is 0 Å². The van der Waals surface area contributed by atoms with E-state index in [2.05, 4.69) is 25.7 Å². The number of anilines is 3. The second-order valence-corrected chi connectivity index (χ2v) is 4.42. The van der Waals surface area contributed by atoms with Gasteiger partial charge in [-0.25, -0.2) is 5.01 Å². The highest BCUT2D eigenvalue weighted by Gasteiger charge is 2.13. The second kappa shape index (κ2) is 6.48. The molecule has 1 saturated heterocycles. The fraction of sp³-hybridized carbons (Fsp3) is 0.727. The fourth-order valence-electron chi connectivity index (χ4n) is 1.67. The molecule has 0 atom stereocenters. The molecule has 2 heterocycles. The van der Waals surface area contributed by atoms with Crippen molar-refractivity contribution < 1.29 is 4.74 Å². The van der Waals surface area contributed by atoms with Crippen LogP contribution < -0.4 is 15.6 Å². The summed E-state index contributed by atoms with van der Waals surface area (Å²) in [7, 11) is 3.81. The Labute approximate surface area is 113 Å². The van der Waals surface area contributed by atoms with Gasteiger partial charge in [0.05, 0.1) is 13.2 Å². The largest absolute Gasteiger partial charge is 0.379 e. The van der Waals surface area contributed by atoms with Crippen molar-refractivity contribution in [2.24, 2.45) is 0 Å². The van der Waals surface area contributed by atoms with Crippen molar-refractivity contribution in [1.82, 2.24) is 20.0 Å². The van der Waals surface area contributed by atoms with Crippen molar-refractivity contribution in [2.75, 3.05) is 62.6 Å². The molecule has 0 amide bonds. The predicted octanol–water partition coefficient (Wildman–Crippen LogP) is 0.0285. The van der Waals surface area contributed by atoms with Crippen LogP contribution >= 0.6 is 0 Å². The van der Waals surface area contributed by atoms with Gasteiger partial charge in [0.2, 0.25) is 17.8 Å². The van der Waals surface area contributed by atoms with Crippen LogP contribution in [-0.4, -0.2) is 66.9 Å². The molecule has 2 rings (SSSR count). The smallest absolute Gasteiger partial charge is 0.244 e. The Morgan fingerprint density at radius 2 is 1.84 bits per heavy atom. The third-order valence-electron chi connectivity index (χ3n) is 2.63. The summed E-state index contributed by atoms with van der Waals surface area (Å²) in [6.07, 6.45) is 0. The first-order valence-corrected chi connectivity index (χ1v) is 6.45. The predicted molar refractivity (Wildman–Crippen MR) is 74.3 cm³/mol. The van der Waals surface area contributed by atoms with E-state index in [9.17, 15) is 0 Å². The highest BCUT2D eigenvalue weighted by molar-refractivity contribution is 5.42. The number of ether oxygens (including phenoxy) is 1. The number of morpholine rings is 1. The Kier molecular flexibility index (Phi) is 4.69. The maximum absolute atomic E-state index is 5.31. The van der Waals surface area contributed by atoms with Gasteiger partial charge < -0.3 is 15.0 Å². The first-order valence-electron chi connectivity index (χ1n) is 6.45. The zero-order valence-electron chi connectivity index (χ0n) is 11.7. The molecule has 0 aliphatic carbocycles. The highest BCUT2D eigenvalue weighted by Crippen LogP contribution is 2.12. The van der Waals surface area contributed by atoms with Gasteiger partial charge in [-0.2, -0.15) is 15.0 Å². The maximum Gasteiger partial charge on any atom is 0.244 e. The summed E-state index contributed by atoms with van der Waals surface area (Å²) in [5.41, 5.74) is 3.20. The third kappa shape index (κ3) is 3.90. The summed E-state index contributed by atoms with van der Waals surface area (Å²) >= 11 is 0. The first kappa shape index (κ1) is 13.8. The van der Waals surface area contributed by atoms with Crippen LogP contribution in [0.1, 0.15) is 6.92 Å². The lowest BCUT2D eigenvalue weighted by atomic mass is 10.5. The zero-order chi connectivity index (χ0) is 13.7. The van der Waals surface area contributed by atoms with Gasteiger partial charge in [-0.15, -0.1) is 0 Å². The topological polar surface area (TPSA) is 78.4 Å². The molecule has 0 unspecified atom stereocenters. The van der Waals surface area contributed by atoms with Gasteiger partial charge in [0.1, 0.15) is 0 Å². The third-order valence-corrected chi connectivity index (χ3v) is 2.63. The summed E-state index contributed by atoms with van der Waals surface area (Å²) in [4.78, 5) is 14.9. The van der Waals surface area contributed by atoms with Crippen molar-refractivity contribution in [3.63, 3.8) is 0 Å². The summed E-state index contributed by atoms with van der Waals surface area (Å²) in [6, 6.07) is 0. The van der Waals surface area contributed by atoms with Crippen LogP contribution in [0, 0.1) is 0 Å². The SMILES string of the molecule is CCNc1nc(NN2CCOCC2)nc(N(C)C)n1. The molecule has 0 aromatic carbocycles. The maximum atomic E-state index is 5.31. The van der Waals surface area contributed by atoms with Crippen LogP contribution in [0.3, 0.4) is 0 Å². The summed E-state index contributed by atoms with van der Waals surface area (Å²) in [5.74, 6) is 1.76. The van der Waals surface area contributed by atoms with Crippen LogP contribution in [0.2, 0.25) is 0 Å². The van der Waals surface area contributed by atoms with E-state index in [1.165, 1.54) is 0 Å². The lowest BCUT2D eigenvalue weighted by Gasteiger charge is -2.27. The normalized spacial score (nSPS) is 16.2. The molecule has 0 radical (unpaired) electrons. The molecule has 1 aromatic rings. The molecular formula is C11H21N7O. The molecule has 19 heavy (non-hydrogen) atoms. The standard InChI is InChI=1S/C11H21N7O/c1-4-12-9-13-10(15-11(14-9)17(2)3)16-18-5-7-19-8-6-18/h4-8H2,1-3H3,(H2,12,13,14,15,16). The van der Waals surface area contributed by atoms with Crippen molar-refractivity contribution >= 4 is 17.8 Å². The number of hydrogen-bond acceptors (Lipinski definition) is 8. The van der Waals surface area contributed by atoms with E-state index in [0.29, 0.717) is 17.8 Å². The van der Waals surface area contributed by atoms with E-state index in [1.807, 2.05) is 30.9 Å². The van der Waals surface area contributed by atoms with E-state index >= 15 is 0 Å². The minimum atomic E-state index is 0.552. The molecule has 0 bridgehead atoms. The number of aromatic nitrogens is 3.